The summed E-state index contributed by atoms with van der Waals surface area (Å²) in [4.78, 5) is 24.0. The summed E-state index contributed by atoms with van der Waals surface area (Å²) in [6, 6.07) is 15.4. The SMILES string of the molecule is Cc1nc(C(=O)Nc2ccccc2N2CCOCC2)c2ccccc2n1. The first-order valence-electron chi connectivity index (χ1n) is 8.69. The molecule has 0 aliphatic carbocycles. The molecule has 1 aromatic heterocycles. The van der Waals surface area contributed by atoms with Crippen LogP contribution in [0.1, 0.15) is 16.3 Å². The number of anilines is 2. The van der Waals surface area contributed by atoms with E-state index < -0.39 is 0 Å². The first-order chi connectivity index (χ1) is 12.7. The van der Waals surface area contributed by atoms with Crippen LogP contribution in [-0.4, -0.2) is 42.2 Å². The topological polar surface area (TPSA) is 67.4 Å². The number of hydrogen-bond donors (Lipinski definition) is 1. The maximum absolute atomic E-state index is 13.0. The van der Waals surface area contributed by atoms with Crippen LogP contribution in [0.2, 0.25) is 0 Å². The summed E-state index contributed by atoms with van der Waals surface area (Å²) < 4.78 is 5.43. The fraction of sp³-hybridized carbons (Fsp3) is 0.250. The lowest BCUT2D eigenvalue weighted by Crippen LogP contribution is -2.36. The molecule has 0 saturated carbocycles. The Hall–Kier alpha value is -2.99. The lowest BCUT2D eigenvalue weighted by molar-refractivity contribution is 0.102. The van der Waals surface area contributed by atoms with Crippen molar-refractivity contribution in [1.82, 2.24) is 9.97 Å². The van der Waals surface area contributed by atoms with Crippen molar-refractivity contribution in [2.45, 2.75) is 6.92 Å². The smallest absolute Gasteiger partial charge is 0.275 e. The molecule has 0 spiro atoms. The summed E-state index contributed by atoms with van der Waals surface area (Å²) in [6.45, 7) is 4.80. The molecule has 4 rings (SSSR count). The van der Waals surface area contributed by atoms with E-state index in [0.717, 1.165) is 35.4 Å². The fourth-order valence-corrected chi connectivity index (χ4v) is 3.21. The standard InChI is InChI=1S/C20H20N4O2/c1-14-21-16-7-3-2-6-15(16)19(22-14)20(25)23-17-8-4-5-9-18(17)24-10-12-26-13-11-24/h2-9H,10-13H2,1H3,(H,23,25). The number of fused-ring (bicyclic) bond motifs is 1. The first-order valence-corrected chi connectivity index (χ1v) is 8.69. The van der Waals surface area contributed by atoms with E-state index in [-0.39, 0.29) is 5.91 Å². The Kier molecular flexibility index (Phi) is 4.50. The number of carbonyl (C=O) groups is 1. The van der Waals surface area contributed by atoms with Crippen molar-refractivity contribution >= 4 is 28.2 Å². The molecule has 0 unspecified atom stereocenters. The maximum Gasteiger partial charge on any atom is 0.275 e. The van der Waals surface area contributed by atoms with E-state index in [1.807, 2.05) is 48.5 Å². The molecule has 2 aromatic carbocycles. The molecular weight excluding hydrogens is 328 g/mol. The van der Waals surface area contributed by atoms with Gasteiger partial charge in [-0.15, -0.1) is 0 Å². The number of amides is 1. The van der Waals surface area contributed by atoms with Gasteiger partial charge in [-0.1, -0.05) is 30.3 Å². The molecule has 6 heteroatoms. The second-order valence-corrected chi connectivity index (χ2v) is 6.21. The Labute approximate surface area is 151 Å². The summed E-state index contributed by atoms with van der Waals surface area (Å²) in [5, 5.41) is 3.78. The molecule has 1 saturated heterocycles. The van der Waals surface area contributed by atoms with Gasteiger partial charge in [0.15, 0.2) is 0 Å². The van der Waals surface area contributed by atoms with Gasteiger partial charge in [-0.25, -0.2) is 9.97 Å². The number of morpholine rings is 1. The Morgan fingerprint density at radius 1 is 1.04 bits per heavy atom. The Morgan fingerprint density at radius 3 is 2.62 bits per heavy atom. The maximum atomic E-state index is 13.0. The quantitative estimate of drug-likeness (QED) is 0.788. The fourth-order valence-electron chi connectivity index (χ4n) is 3.21. The summed E-state index contributed by atoms with van der Waals surface area (Å²) in [5.74, 6) is 0.350. The lowest BCUT2D eigenvalue weighted by Gasteiger charge is -2.30. The van der Waals surface area contributed by atoms with Crippen LogP contribution in [0.15, 0.2) is 48.5 Å². The summed E-state index contributed by atoms with van der Waals surface area (Å²) in [5.41, 5.74) is 2.94. The van der Waals surface area contributed by atoms with Crippen molar-refractivity contribution in [2.75, 3.05) is 36.5 Å². The second-order valence-electron chi connectivity index (χ2n) is 6.21. The number of carbonyl (C=O) groups excluding carboxylic acids is 1. The van der Waals surface area contributed by atoms with E-state index in [4.69, 9.17) is 4.74 Å². The second kappa shape index (κ2) is 7.09. The van der Waals surface area contributed by atoms with E-state index in [1.165, 1.54) is 0 Å². The highest BCUT2D eigenvalue weighted by Gasteiger charge is 2.18. The van der Waals surface area contributed by atoms with E-state index in [2.05, 4.69) is 20.2 Å². The van der Waals surface area contributed by atoms with Gasteiger partial charge in [0, 0.05) is 18.5 Å². The largest absolute Gasteiger partial charge is 0.378 e. The predicted molar refractivity (Wildman–Crippen MR) is 102 cm³/mol. The van der Waals surface area contributed by atoms with E-state index in [9.17, 15) is 4.79 Å². The van der Waals surface area contributed by atoms with Crippen molar-refractivity contribution in [3.63, 3.8) is 0 Å². The molecule has 1 aliphatic heterocycles. The zero-order chi connectivity index (χ0) is 17.9. The van der Waals surface area contributed by atoms with Gasteiger partial charge in [0.25, 0.3) is 5.91 Å². The highest BCUT2D eigenvalue weighted by atomic mass is 16.5. The number of aromatic nitrogens is 2. The Balaban J connectivity index is 1.67. The van der Waals surface area contributed by atoms with Gasteiger partial charge in [-0.3, -0.25) is 4.79 Å². The third kappa shape index (κ3) is 3.23. The molecule has 3 aromatic rings. The van der Waals surface area contributed by atoms with Crippen LogP contribution in [0, 0.1) is 6.92 Å². The number of nitrogens with one attached hydrogen (secondary N) is 1. The number of aryl methyl sites for hydroxylation is 1. The summed E-state index contributed by atoms with van der Waals surface area (Å²) in [7, 11) is 0. The number of rotatable bonds is 3. The number of hydrogen-bond acceptors (Lipinski definition) is 5. The minimum atomic E-state index is -0.229. The number of ether oxygens (including phenoxy) is 1. The van der Waals surface area contributed by atoms with Gasteiger partial charge in [-0.05, 0) is 25.1 Å². The van der Waals surface area contributed by atoms with Gasteiger partial charge in [0.1, 0.15) is 11.5 Å². The molecule has 0 atom stereocenters. The number of benzene rings is 2. The predicted octanol–water partition coefficient (Wildman–Crippen LogP) is 3.03. The molecule has 2 heterocycles. The third-order valence-electron chi connectivity index (χ3n) is 4.43. The van der Waals surface area contributed by atoms with Crippen LogP contribution < -0.4 is 10.2 Å². The van der Waals surface area contributed by atoms with Gasteiger partial charge in [0.05, 0.1) is 30.1 Å². The average molecular weight is 348 g/mol. The van der Waals surface area contributed by atoms with E-state index >= 15 is 0 Å². The van der Waals surface area contributed by atoms with Crippen LogP contribution in [-0.2, 0) is 4.74 Å². The van der Waals surface area contributed by atoms with E-state index in [1.54, 1.807) is 6.92 Å². The molecule has 0 bridgehead atoms. The zero-order valence-corrected chi connectivity index (χ0v) is 14.6. The highest BCUT2D eigenvalue weighted by Crippen LogP contribution is 2.27. The molecule has 132 valence electrons. The van der Waals surface area contributed by atoms with Crippen LogP contribution in [0.4, 0.5) is 11.4 Å². The van der Waals surface area contributed by atoms with Crippen molar-refractivity contribution in [3.8, 4) is 0 Å². The molecule has 1 fully saturated rings. The van der Waals surface area contributed by atoms with Gasteiger partial charge < -0.3 is 15.0 Å². The van der Waals surface area contributed by atoms with Crippen molar-refractivity contribution < 1.29 is 9.53 Å². The zero-order valence-electron chi connectivity index (χ0n) is 14.6. The Morgan fingerprint density at radius 2 is 1.77 bits per heavy atom. The average Bonchev–Trinajstić information content (AvgIpc) is 2.68. The molecular formula is C20H20N4O2. The monoisotopic (exact) mass is 348 g/mol. The molecule has 1 aliphatic rings. The molecule has 6 nitrogen and oxygen atoms in total. The van der Waals surface area contributed by atoms with Crippen LogP contribution >= 0.6 is 0 Å². The number of para-hydroxylation sites is 3. The normalized spacial score (nSPS) is 14.4. The van der Waals surface area contributed by atoms with Crippen molar-refractivity contribution in [3.05, 3.63) is 60.0 Å². The minimum absolute atomic E-state index is 0.229. The van der Waals surface area contributed by atoms with Gasteiger partial charge in [0.2, 0.25) is 0 Å². The van der Waals surface area contributed by atoms with Crippen molar-refractivity contribution in [1.29, 1.82) is 0 Å². The molecule has 26 heavy (non-hydrogen) atoms. The van der Waals surface area contributed by atoms with E-state index in [0.29, 0.717) is 24.7 Å². The lowest BCUT2D eigenvalue weighted by atomic mass is 10.1. The van der Waals surface area contributed by atoms with Crippen LogP contribution in [0.5, 0.6) is 0 Å². The molecule has 0 radical (unpaired) electrons. The third-order valence-corrected chi connectivity index (χ3v) is 4.43. The summed E-state index contributed by atoms with van der Waals surface area (Å²) in [6.07, 6.45) is 0. The molecule has 1 N–H and O–H groups in total. The van der Waals surface area contributed by atoms with Crippen LogP contribution in [0.3, 0.4) is 0 Å². The molecule has 1 amide bonds. The van der Waals surface area contributed by atoms with Crippen LogP contribution in [0.25, 0.3) is 10.9 Å². The minimum Gasteiger partial charge on any atom is -0.378 e. The number of nitrogens with zero attached hydrogens (tertiary/aromatic N) is 3. The van der Waals surface area contributed by atoms with Crippen molar-refractivity contribution in [2.24, 2.45) is 0 Å². The highest BCUT2D eigenvalue weighted by molar-refractivity contribution is 6.11. The first kappa shape index (κ1) is 16.5. The summed E-state index contributed by atoms with van der Waals surface area (Å²) >= 11 is 0. The van der Waals surface area contributed by atoms with Gasteiger partial charge >= 0.3 is 0 Å². The Bertz CT molecular complexity index is 951. The van der Waals surface area contributed by atoms with Gasteiger partial charge in [-0.2, -0.15) is 0 Å².